The molecular formula is C13H21NO2. The molecule has 3 heteroatoms. The van der Waals surface area contributed by atoms with Crippen LogP contribution in [-0.2, 0) is 4.79 Å². The first-order valence-corrected chi connectivity index (χ1v) is 6.49. The molecular weight excluding hydrogens is 202 g/mol. The molecule has 2 heterocycles. The second kappa shape index (κ2) is 3.22. The van der Waals surface area contributed by atoms with Crippen molar-refractivity contribution in [1.29, 1.82) is 0 Å². The molecule has 3 aliphatic rings. The molecule has 2 aliphatic heterocycles. The van der Waals surface area contributed by atoms with Crippen molar-refractivity contribution in [2.24, 2.45) is 11.3 Å². The van der Waals surface area contributed by atoms with Crippen LogP contribution in [0.1, 0.15) is 46.0 Å². The summed E-state index contributed by atoms with van der Waals surface area (Å²) < 4.78 is 0. The number of amides is 1. The van der Waals surface area contributed by atoms with Gasteiger partial charge in [-0.25, -0.2) is 0 Å². The Balaban J connectivity index is 1.74. The second-order valence-electron chi connectivity index (χ2n) is 6.50. The van der Waals surface area contributed by atoms with Gasteiger partial charge < -0.3 is 10.0 Å². The highest BCUT2D eigenvalue weighted by Gasteiger charge is 2.55. The quantitative estimate of drug-likeness (QED) is 0.732. The number of fused-ring (bicyclic) bond motifs is 2. The third-order valence-corrected chi connectivity index (χ3v) is 4.77. The number of aliphatic hydroxyl groups is 1. The monoisotopic (exact) mass is 223 g/mol. The van der Waals surface area contributed by atoms with Gasteiger partial charge in [0, 0.05) is 18.0 Å². The lowest BCUT2D eigenvalue weighted by molar-refractivity contribution is -0.139. The topological polar surface area (TPSA) is 40.5 Å². The molecule has 2 saturated heterocycles. The van der Waals surface area contributed by atoms with E-state index in [1.165, 1.54) is 0 Å². The smallest absolute Gasteiger partial charge is 0.226 e. The maximum absolute atomic E-state index is 12.4. The summed E-state index contributed by atoms with van der Waals surface area (Å²) in [7, 11) is 0. The van der Waals surface area contributed by atoms with Gasteiger partial charge in [0.25, 0.3) is 0 Å². The summed E-state index contributed by atoms with van der Waals surface area (Å²) in [6, 6.07) is 0.662. The van der Waals surface area contributed by atoms with Crippen LogP contribution >= 0.6 is 0 Å². The van der Waals surface area contributed by atoms with Crippen molar-refractivity contribution in [1.82, 2.24) is 4.90 Å². The molecule has 3 nitrogen and oxygen atoms in total. The molecule has 90 valence electrons. The Bertz CT molecular complexity index is 312. The molecule has 3 fully saturated rings. The molecule has 1 amide bonds. The van der Waals surface area contributed by atoms with Crippen LogP contribution < -0.4 is 0 Å². The lowest BCUT2D eigenvalue weighted by Gasteiger charge is -2.37. The van der Waals surface area contributed by atoms with Crippen LogP contribution in [0.5, 0.6) is 0 Å². The zero-order valence-corrected chi connectivity index (χ0v) is 10.1. The van der Waals surface area contributed by atoms with E-state index in [-0.39, 0.29) is 17.4 Å². The minimum absolute atomic E-state index is 0.172. The van der Waals surface area contributed by atoms with Gasteiger partial charge in [-0.15, -0.1) is 0 Å². The number of carbonyl (C=O) groups excluding carboxylic acids is 1. The molecule has 3 rings (SSSR count). The van der Waals surface area contributed by atoms with E-state index in [1.54, 1.807) is 0 Å². The number of piperidine rings is 1. The van der Waals surface area contributed by atoms with Crippen molar-refractivity contribution in [3.63, 3.8) is 0 Å². The van der Waals surface area contributed by atoms with Crippen molar-refractivity contribution in [3.05, 3.63) is 0 Å². The molecule has 16 heavy (non-hydrogen) atoms. The van der Waals surface area contributed by atoms with Gasteiger partial charge in [-0.05, 0) is 37.5 Å². The Morgan fingerprint density at radius 2 is 1.75 bits per heavy atom. The predicted molar refractivity (Wildman–Crippen MR) is 60.8 cm³/mol. The van der Waals surface area contributed by atoms with Crippen LogP contribution in [0.3, 0.4) is 0 Å². The van der Waals surface area contributed by atoms with Crippen LogP contribution in [0.2, 0.25) is 0 Å². The zero-order chi connectivity index (χ0) is 11.5. The molecule has 1 saturated carbocycles. The zero-order valence-electron chi connectivity index (χ0n) is 10.1. The highest BCUT2D eigenvalue weighted by atomic mass is 16.3. The van der Waals surface area contributed by atoms with Crippen molar-refractivity contribution in [2.75, 3.05) is 0 Å². The Labute approximate surface area is 96.8 Å². The highest BCUT2D eigenvalue weighted by Crippen LogP contribution is 2.54. The largest absolute Gasteiger partial charge is 0.393 e. The van der Waals surface area contributed by atoms with Gasteiger partial charge in [0.2, 0.25) is 5.91 Å². The Kier molecular flexibility index (Phi) is 2.13. The van der Waals surface area contributed by atoms with E-state index in [4.69, 9.17) is 0 Å². The molecule has 1 aliphatic carbocycles. The van der Waals surface area contributed by atoms with Crippen LogP contribution in [-0.4, -0.2) is 34.1 Å². The predicted octanol–water partition coefficient (Wildman–Crippen LogP) is 1.55. The molecule has 0 aromatic rings. The lowest BCUT2D eigenvalue weighted by atomic mass is 9.98. The maximum Gasteiger partial charge on any atom is 0.226 e. The first kappa shape index (κ1) is 10.6. The molecule has 0 radical (unpaired) electrons. The van der Waals surface area contributed by atoms with E-state index in [1.807, 2.05) is 0 Å². The van der Waals surface area contributed by atoms with E-state index in [2.05, 4.69) is 18.7 Å². The summed E-state index contributed by atoms with van der Waals surface area (Å²) in [5.41, 5.74) is 0.229. The van der Waals surface area contributed by atoms with Gasteiger partial charge in [-0.3, -0.25) is 4.79 Å². The lowest BCUT2D eigenvalue weighted by Crippen LogP contribution is -2.49. The van der Waals surface area contributed by atoms with Gasteiger partial charge in [0.1, 0.15) is 0 Å². The summed E-state index contributed by atoms with van der Waals surface area (Å²) in [5, 5.41) is 9.71. The van der Waals surface area contributed by atoms with Crippen LogP contribution in [0.15, 0.2) is 0 Å². The molecule has 1 N–H and O–H groups in total. The molecule has 0 aromatic carbocycles. The minimum Gasteiger partial charge on any atom is -0.393 e. The fraction of sp³-hybridized carbons (Fsp3) is 0.923. The Hall–Kier alpha value is -0.570. The molecule has 2 bridgehead atoms. The van der Waals surface area contributed by atoms with Crippen LogP contribution in [0, 0.1) is 11.3 Å². The molecule has 0 aromatic heterocycles. The summed E-state index contributed by atoms with van der Waals surface area (Å²) in [6.07, 6.45) is 4.67. The summed E-state index contributed by atoms with van der Waals surface area (Å²) in [6.45, 7) is 4.35. The number of carbonyl (C=O) groups is 1. The number of aliphatic hydroxyl groups excluding tert-OH is 1. The number of nitrogens with zero attached hydrogens (tertiary/aromatic N) is 1. The third-order valence-electron chi connectivity index (χ3n) is 4.77. The number of hydrogen-bond donors (Lipinski definition) is 1. The minimum atomic E-state index is -0.172. The third kappa shape index (κ3) is 1.48. The highest BCUT2D eigenvalue weighted by molar-refractivity contribution is 5.83. The van der Waals surface area contributed by atoms with Crippen LogP contribution in [0.4, 0.5) is 0 Å². The van der Waals surface area contributed by atoms with Gasteiger partial charge >= 0.3 is 0 Å². The van der Waals surface area contributed by atoms with Gasteiger partial charge in [0.05, 0.1) is 6.10 Å². The Morgan fingerprint density at radius 3 is 2.19 bits per heavy atom. The first-order valence-electron chi connectivity index (χ1n) is 6.49. The van der Waals surface area contributed by atoms with Gasteiger partial charge in [-0.1, -0.05) is 13.8 Å². The average Bonchev–Trinajstić information content (AvgIpc) is 2.74. The second-order valence-corrected chi connectivity index (χ2v) is 6.50. The Morgan fingerprint density at radius 1 is 1.25 bits per heavy atom. The maximum atomic E-state index is 12.4. The van der Waals surface area contributed by atoms with E-state index >= 15 is 0 Å². The van der Waals surface area contributed by atoms with Gasteiger partial charge in [-0.2, -0.15) is 0 Å². The molecule has 0 spiro atoms. The van der Waals surface area contributed by atoms with Crippen LogP contribution in [0.25, 0.3) is 0 Å². The summed E-state index contributed by atoms with van der Waals surface area (Å²) >= 11 is 0. The fourth-order valence-electron chi connectivity index (χ4n) is 3.58. The SMILES string of the molecule is CC1(C)CC1C(=O)N1C2CCC1CC(O)C2. The summed E-state index contributed by atoms with van der Waals surface area (Å²) in [4.78, 5) is 14.5. The molecule has 3 atom stereocenters. The standard InChI is InChI=1S/C13H21NO2/c1-13(2)7-11(13)12(16)14-8-3-4-9(14)6-10(15)5-8/h8-11,15H,3-7H2,1-2H3. The van der Waals surface area contributed by atoms with Gasteiger partial charge in [0.15, 0.2) is 0 Å². The normalized spacial score (nSPS) is 44.6. The van der Waals surface area contributed by atoms with E-state index in [0.29, 0.717) is 18.0 Å². The van der Waals surface area contributed by atoms with Crippen molar-refractivity contribution in [2.45, 2.75) is 64.1 Å². The summed E-state index contributed by atoms with van der Waals surface area (Å²) in [5.74, 6) is 0.621. The van der Waals surface area contributed by atoms with E-state index < -0.39 is 0 Å². The average molecular weight is 223 g/mol. The van der Waals surface area contributed by atoms with E-state index in [9.17, 15) is 9.90 Å². The fourth-order valence-corrected chi connectivity index (χ4v) is 3.58. The van der Waals surface area contributed by atoms with Crippen molar-refractivity contribution < 1.29 is 9.90 Å². The molecule has 3 unspecified atom stereocenters. The van der Waals surface area contributed by atoms with E-state index in [0.717, 1.165) is 32.1 Å². The van der Waals surface area contributed by atoms with Crippen molar-refractivity contribution >= 4 is 5.91 Å². The number of rotatable bonds is 1. The first-order chi connectivity index (χ1) is 7.49. The van der Waals surface area contributed by atoms with Crippen molar-refractivity contribution in [3.8, 4) is 0 Å². The number of hydrogen-bond acceptors (Lipinski definition) is 2.